The fourth-order valence-electron chi connectivity index (χ4n) is 15.8. The molecule has 1 saturated heterocycles. The van der Waals surface area contributed by atoms with Crippen molar-refractivity contribution in [2.45, 2.75) is 155 Å². The zero-order chi connectivity index (χ0) is 73.4. The highest BCUT2D eigenvalue weighted by Gasteiger charge is 2.54. The molecular weight excluding hydrogens is 1670 g/mol. The first-order valence-corrected chi connectivity index (χ1v) is 48.8. The molecule has 0 N–H and O–H groups in total. The maximum atomic E-state index is 12.4. The van der Waals surface area contributed by atoms with Crippen LogP contribution in [0.5, 0.6) is 0 Å². The Kier molecular flexibility index (Phi) is 28.3. The van der Waals surface area contributed by atoms with Crippen LogP contribution in [0.1, 0.15) is 149 Å². The molecule has 544 valence electrons. The number of methoxy groups -OCH3 is 3. The maximum Gasteiger partial charge on any atom is 0.369 e. The number of esters is 2. The molecule has 0 bridgehead atoms. The molecule has 26 heteroatoms. The molecule has 13 rings (SSSR count). The highest BCUT2D eigenvalue weighted by atomic mass is 79.9. The number of anilines is 2. The molecule has 1 fully saturated rings. The van der Waals surface area contributed by atoms with Crippen LogP contribution in [0.15, 0.2) is 156 Å². The van der Waals surface area contributed by atoms with Crippen molar-refractivity contribution in [2.24, 2.45) is 5.92 Å². The van der Waals surface area contributed by atoms with E-state index in [1.165, 1.54) is 117 Å². The lowest BCUT2D eigenvalue weighted by Crippen LogP contribution is -2.46. The van der Waals surface area contributed by atoms with E-state index in [4.69, 9.17) is 28.4 Å². The SMILES string of the molecule is BrB(Br)Br.COC(=O)c1ccc2c(c1)C(C)(C)C(/C=C/C=C/C=C1/N(CC/C=C/C(C)OC)c3ccc(C)cc3C1(C)C)=[N+]2CCC1OCCO1.COC(=O)c1ccc2c(c1)C(C)(C)C1=[N+]2CCC2O[C@H]3C[C@H]4CCN5C(=C4C=C3C=C12)C(C)(C)c1cc(C)ccc15.S=S=S=S=S=S=S=S=S=S. The lowest BCUT2D eigenvalue weighted by atomic mass is 9.71. The van der Waals surface area contributed by atoms with E-state index in [2.05, 4.69) is 262 Å². The summed E-state index contributed by atoms with van der Waals surface area (Å²) in [7, 11) is 17.3. The average Bonchev–Trinajstić information content (AvgIpc) is 1.54. The molecule has 4 atom stereocenters. The van der Waals surface area contributed by atoms with Gasteiger partial charge in [0.25, 0.3) is 0 Å². The summed E-state index contributed by atoms with van der Waals surface area (Å²) in [6, 6.07) is 25.6. The summed E-state index contributed by atoms with van der Waals surface area (Å²) in [5.74, 6) is -0.0783. The summed E-state index contributed by atoms with van der Waals surface area (Å²) in [5, 5.41) is 0. The minimum Gasteiger partial charge on any atom is -0.465 e. The van der Waals surface area contributed by atoms with Crippen LogP contribution in [0.25, 0.3) is 0 Å². The number of fused-ring (bicyclic) bond motifs is 11. The highest BCUT2D eigenvalue weighted by molar-refractivity contribution is 9.69. The number of benzene rings is 4. The molecule has 1 aliphatic carbocycles. The van der Waals surface area contributed by atoms with Crippen LogP contribution in [0.4, 0.5) is 22.7 Å². The molecule has 12 nitrogen and oxygen atoms in total. The molecule has 0 aromatic heterocycles. The first-order chi connectivity index (χ1) is 48.7. The minimum absolute atomic E-state index is 0.0206. The van der Waals surface area contributed by atoms with Crippen LogP contribution in [0, 0.1) is 19.8 Å². The van der Waals surface area contributed by atoms with Crippen LogP contribution < -0.4 is 9.80 Å². The third-order valence-corrected chi connectivity index (χ3v) is 36.1. The van der Waals surface area contributed by atoms with E-state index in [1.54, 1.807) is 60.4 Å². The van der Waals surface area contributed by atoms with Gasteiger partial charge in [-0.15, -0.1) is 47.3 Å². The van der Waals surface area contributed by atoms with Crippen LogP contribution in [0.3, 0.4) is 0 Å². The fraction of sp³-hybridized carbons (Fsp3) is 0.447. The van der Waals surface area contributed by atoms with Crippen molar-refractivity contribution in [2.75, 3.05) is 70.5 Å². The van der Waals surface area contributed by atoms with Crippen molar-refractivity contribution in [1.29, 1.82) is 0 Å². The van der Waals surface area contributed by atoms with E-state index in [9.17, 15) is 9.59 Å². The predicted molar refractivity (Wildman–Crippen MR) is 457 cm³/mol. The van der Waals surface area contributed by atoms with Crippen LogP contribution >= 0.6 is 47.3 Å². The molecule has 8 aliphatic heterocycles. The number of allylic oxidation sites excluding steroid dienone is 9. The fourth-order valence-corrected chi connectivity index (χ4v) is 32.3. The van der Waals surface area contributed by atoms with Gasteiger partial charge in [0, 0.05) is 189 Å². The van der Waals surface area contributed by atoms with Gasteiger partial charge in [0.05, 0.1) is 74.1 Å². The smallest absolute Gasteiger partial charge is 0.369 e. The van der Waals surface area contributed by atoms with Gasteiger partial charge in [-0.3, -0.25) is 0 Å². The molecule has 4 aromatic carbocycles. The first kappa shape index (κ1) is 81.0. The van der Waals surface area contributed by atoms with E-state index >= 15 is 0 Å². The Morgan fingerprint density at radius 2 is 1.30 bits per heavy atom. The van der Waals surface area contributed by atoms with E-state index in [0.29, 0.717) is 30.3 Å². The van der Waals surface area contributed by atoms with Crippen LogP contribution in [-0.4, -0.2) is 121 Å². The van der Waals surface area contributed by atoms with Crippen LogP contribution in [0.2, 0.25) is 0 Å². The molecule has 0 saturated carbocycles. The Labute approximate surface area is 661 Å². The zero-order valence-electron chi connectivity index (χ0n) is 60.1. The molecule has 4 aromatic rings. The van der Waals surface area contributed by atoms with Gasteiger partial charge in [-0.1, -0.05) is 99.5 Å². The minimum atomic E-state index is -0.329. The van der Waals surface area contributed by atoms with Gasteiger partial charge in [-0.2, -0.15) is 9.15 Å². The van der Waals surface area contributed by atoms with Gasteiger partial charge in [-0.05, 0) is 144 Å². The van der Waals surface area contributed by atoms with E-state index < -0.39 is 0 Å². The Bertz CT molecular complexity index is 4600. The molecule has 9 aliphatic rings. The lowest BCUT2D eigenvalue weighted by molar-refractivity contribution is -0.445. The van der Waals surface area contributed by atoms with Crippen molar-refractivity contribution in [1.82, 2.24) is 0 Å². The zero-order valence-corrected chi connectivity index (χ0v) is 73.1. The molecular formula is C76H90BBr3N4O8S10+2. The molecule has 0 amide bonds. The summed E-state index contributed by atoms with van der Waals surface area (Å²) in [6.45, 7) is 29.8. The van der Waals surface area contributed by atoms with Crippen molar-refractivity contribution in [3.05, 3.63) is 200 Å². The summed E-state index contributed by atoms with van der Waals surface area (Å²) < 4.78 is 39.0. The number of rotatable bonds is 13. The summed E-state index contributed by atoms with van der Waals surface area (Å²) in [5.41, 5.74) is 22.5. The number of carbonyl (C=O) groups excluding carboxylic acids is 2. The third kappa shape index (κ3) is 17.8. The van der Waals surface area contributed by atoms with Gasteiger partial charge in [0.2, 0.25) is 11.4 Å². The number of nitrogens with zero attached hydrogens (tertiary/aromatic N) is 4. The standard InChI is InChI=1S/C40H51N2O5.C36H39N2O3.BBr3.S10/c1-28-17-19-33-31(26-28)39(3,4)35(41(33)22-13-12-14-29(2)44-7)15-10-9-11-16-36-40(5,6)32-27-30(38(43)45-8)18-20-34(32)42(36)23-21-37-46-24-25-47-37;1-20-7-9-28-26(15-20)35(2,3)32-24-16-23-17-25-30(41-31(23)19-21(24)11-13-37(28)32)12-14-38-29-10-8-22(34(39)40-6)18-27(29)36(4,5)33(25)38;2-1(3)4;1-3-5-7-9-10-8-6-4-2/h9-12,14-20,26-27,29,37H,13,21-25H2,1-8H3;7-10,15-18,21,30-31H,11-14,19H2,1-6H3;;/q2*+1;;/b14-12+;;;/t;21-,30?,31+;;/m.1../s1. The topological polar surface area (TPSA) is 102 Å². The maximum absolute atomic E-state index is 12.4. The third-order valence-electron chi connectivity index (χ3n) is 20.6. The Hall–Kier alpha value is -3.52. The number of hydrogen-bond acceptors (Lipinski definition) is 12. The monoisotopic (exact) mass is 1750 g/mol. The number of aryl methyl sites for hydroxylation is 2. The Morgan fingerprint density at radius 1 is 0.706 bits per heavy atom. The Morgan fingerprint density at radius 3 is 1.92 bits per heavy atom. The van der Waals surface area contributed by atoms with Gasteiger partial charge < -0.3 is 38.2 Å². The van der Waals surface area contributed by atoms with Crippen molar-refractivity contribution < 1.29 is 47.2 Å². The normalized spacial score (nSPS) is 21.5. The number of hydrogen-bond donors (Lipinski definition) is 0. The average molecular weight is 1760 g/mol. The van der Waals surface area contributed by atoms with Crippen molar-refractivity contribution in [3.63, 3.8) is 0 Å². The second kappa shape index (κ2) is 35.7. The van der Waals surface area contributed by atoms with Gasteiger partial charge >= 0.3 is 15.1 Å². The summed E-state index contributed by atoms with van der Waals surface area (Å²) in [6.07, 6.45) is 25.2. The van der Waals surface area contributed by atoms with Crippen molar-refractivity contribution in [3.8, 4) is 0 Å². The quantitative estimate of drug-likeness (QED) is 0.0419. The van der Waals surface area contributed by atoms with Crippen molar-refractivity contribution >= 4 is 190 Å². The number of ether oxygens (including phenoxy) is 6. The van der Waals surface area contributed by atoms with Gasteiger partial charge in [0.1, 0.15) is 0 Å². The highest BCUT2D eigenvalue weighted by Crippen LogP contribution is 2.56. The predicted octanol–water partition coefficient (Wildman–Crippen LogP) is 16.5. The first-order valence-electron chi connectivity index (χ1n) is 34.1. The van der Waals surface area contributed by atoms with E-state index in [1.807, 2.05) is 30.3 Å². The molecule has 0 spiro atoms. The molecule has 0 radical (unpaired) electrons. The summed E-state index contributed by atoms with van der Waals surface area (Å²) >= 11 is 18.6. The lowest BCUT2D eigenvalue weighted by Gasteiger charge is -2.44. The molecule has 102 heavy (non-hydrogen) atoms. The number of halogens is 3. The van der Waals surface area contributed by atoms with E-state index in [-0.39, 0.29) is 61.4 Å². The molecule has 8 heterocycles. The summed E-state index contributed by atoms with van der Waals surface area (Å²) in [4.78, 5) is 29.8. The van der Waals surface area contributed by atoms with Gasteiger partial charge in [0.15, 0.2) is 30.8 Å². The van der Waals surface area contributed by atoms with Crippen LogP contribution in [-0.2, 0) is 144 Å². The Balaban J connectivity index is 0.000000186. The van der Waals surface area contributed by atoms with Gasteiger partial charge in [-0.25, -0.2) is 9.59 Å². The second-order valence-electron chi connectivity index (χ2n) is 28.2. The molecule has 2 unspecified atom stereocenters. The second-order valence-corrected chi connectivity index (χ2v) is 48.8. The van der Waals surface area contributed by atoms with E-state index in [0.717, 1.165) is 68.8 Å². The number of carbonyl (C=O) groups is 2. The largest absolute Gasteiger partial charge is 0.465 e.